The van der Waals surface area contributed by atoms with Crippen LogP contribution in [0.2, 0.25) is 0 Å². The summed E-state index contributed by atoms with van der Waals surface area (Å²) in [6.45, 7) is 3.73. The van der Waals surface area contributed by atoms with Crippen LogP contribution in [0.4, 0.5) is 5.82 Å². The normalized spacial score (nSPS) is 36.8. The lowest BCUT2D eigenvalue weighted by Gasteiger charge is -2.20. The molecule has 3 fully saturated rings. The number of hydrogen-bond acceptors (Lipinski definition) is 9. The first-order valence-corrected chi connectivity index (χ1v) is 9.30. The molecule has 146 valence electrons. The van der Waals surface area contributed by atoms with E-state index in [1.807, 2.05) is 0 Å². The fourth-order valence-corrected chi connectivity index (χ4v) is 4.77. The van der Waals surface area contributed by atoms with Gasteiger partial charge < -0.3 is 29.9 Å². The topological polar surface area (TPSA) is 120 Å². The molecule has 0 amide bonds. The van der Waals surface area contributed by atoms with Gasteiger partial charge in [0, 0.05) is 26.2 Å². The Morgan fingerprint density at radius 1 is 1.07 bits per heavy atom. The number of nitrogens with zero attached hydrogens (tertiary/aromatic N) is 6. The molecule has 0 saturated carbocycles. The number of aromatic nitrogens is 4. The highest BCUT2D eigenvalue weighted by Gasteiger charge is 2.44. The fraction of sp³-hybridized carbons (Fsp3) is 0.706. The van der Waals surface area contributed by atoms with E-state index in [0.717, 1.165) is 32.0 Å². The van der Waals surface area contributed by atoms with Crippen molar-refractivity contribution in [1.29, 1.82) is 0 Å². The van der Waals surface area contributed by atoms with Crippen molar-refractivity contribution in [3.63, 3.8) is 0 Å². The number of ether oxygens (including phenoxy) is 1. The number of fused-ring (bicyclic) bond motifs is 2. The van der Waals surface area contributed by atoms with Crippen LogP contribution in [0.15, 0.2) is 12.7 Å². The summed E-state index contributed by atoms with van der Waals surface area (Å²) < 4.78 is 7.22. The van der Waals surface area contributed by atoms with Crippen molar-refractivity contribution in [2.45, 2.75) is 24.5 Å². The van der Waals surface area contributed by atoms with Gasteiger partial charge in [0.2, 0.25) is 0 Å². The van der Waals surface area contributed by atoms with Crippen LogP contribution in [-0.4, -0.2) is 97.9 Å². The van der Waals surface area contributed by atoms with Crippen molar-refractivity contribution in [1.82, 2.24) is 24.4 Å². The molecule has 3 saturated heterocycles. The Kier molecular flexibility index (Phi) is 4.06. The third-order valence-corrected chi connectivity index (χ3v) is 6.10. The lowest BCUT2D eigenvalue weighted by Crippen LogP contribution is -2.33. The standard InChI is InChI=1S/C17H24N6O4/c1-21-2-9-4-22(5-10(9)3-21)15-12-16(19-7-18-15)23(8-20-12)17-14(26)13(25)11(6-24)27-17/h7-11,13-14,17,24-26H,2-6H2,1H3/t9-,10+,11-,13-,14-,17-/m1/s1. The summed E-state index contributed by atoms with van der Waals surface area (Å²) in [5.74, 6) is 2.08. The van der Waals surface area contributed by atoms with Gasteiger partial charge in [-0.15, -0.1) is 0 Å². The molecule has 5 heterocycles. The summed E-state index contributed by atoms with van der Waals surface area (Å²) in [6.07, 6.45) is -0.964. The zero-order valence-electron chi connectivity index (χ0n) is 15.1. The molecule has 10 heteroatoms. The van der Waals surface area contributed by atoms with Crippen molar-refractivity contribution in [3.8, 4) is 0 Å². The molecule has 3 aliphatic rings. The van der Waals surface area contributed by atoms with Gasteiger partial charge in [-0.25, -0.2) is 15.0 Å². The summed E-state index contributed by atoms with van der Waals surface area (Å²) in [4.78, 5) is 17.9. The third-order valence-electron chi connectivity index (χ3n) is 6.10. The van der Waals surface area contributed by atoms with Crippen LogP contribution in [0, 0.1) is 11.8 Å². The molecular formula is C17H24N6O4. The fourth-order valence-electron chi connectivity index (χ4n) is 4.77. The van der Waals surface area contributed by atoms with Gasteiger partial charge in [-0.2, -0.15) is 0 Å². The molecule has 6 atom stereocenters. The highest BCUT2D eigenvalue weighted by molar-refractivity contribution is 5.83. The summed E-state index contributed by atoms with van der Waals surface area (Å²) in [5.41, 5.74) is 1.20. The summed E-state index contributed by atoms with van der Waals surface area (Å²) in [6, 6.07) is 0. The van der Waals surface area contributed by atoms with Gasteiger partial charge in [-0.05, 0) is 18.9 Å². The zero-order chi connectivity index (χ0) is 18.7. The van der Waals surface area contributed by atoms with E-state index >= 15 is 0 Å². The van der Waals surface area contributed by atoms with Crippen molar-refractivity contribution in [2.75, 3.05) is 44.7 Å². The van der Waals surface area contributed by atoms with Crippen molar-refractivity contribution >= 4 is 17.0 Å². The van der Waals surface area contributed by atoms with Gasteiger partial charge in [0.15, 0.2) is 23.2 Å². The summed E-state index contributed by atoms with van der Waals surface area (Å²) >= 11 is 0. The van der Waals surface area contributed by atoms with Crippen molar-refractivity contribution < 1.29 is 20.1 Å². The summed E-state index contributed by atoms with van der Waals surface area (Å²) in [5, 5.41) is 29.6. The minimum atomic E-state index is -1.17. The van der Waals surface area contributed by atoms with Gasteiger partial charge >= 0.3 is 0 Å². The predicted molar refractivity (Wildman–Crippen MR) is 95.0 cm³/mol. The predicted octanol–water partition coefficient (Wildman–Crippen LogP) is -1.56. The smallest absolute Gasteiger partial charge is 0.167 e. The monoisotopic (exact) mass is 376 g/mol. The first-order chi connectivity index (χ1) is 13.1. The molecule has 3 aliphatic heterocycles. The van der Waals surface area contributed by atoms with E-state index in [-0.39, 0.29) is 6.61 Å². The van der Waals surface area contributed by atoms with E-state index < -0.39 is 24.5 Å². The molecule has 27 heavy (non-hydrogen) atoms. The number of aliphatic hydroxyl groups excluding tert-OH is 3. The molecule has 5 rings (SSSR count). The largest absolute Gasteiger partial charge is 0.394 e. The van der Waals surface area contributed by atoms with Gasteiger partial charge in [-0.1, -0.05) is 0 Å². The van der Waals surface area contributed by atoms with Crippen molar-refractivity contribution in [2.24, 2.45) is 11.8 Å². The SMILES string of the molecule is CN1C[C@@H]2CN(c3ncnc4c3ncn4[C@@H]3O[C@H](CO)[C@@H](O)[C@H]3O)C[C@@H]2C1. The number of likely N-dealkylation sites (tertiary alicyclic amines) is 1. The Labute approximate surface area is 156 Å². The Balaban J connectivity index is 1.46. The van der Waals surface area contributed by atoms with E-state index in [1.165, 1.54) is 6.33 Å². The van der Waals surface area contributed by atoms with Crippen LogP contribution in [0.1, 0.15) is 6.23 Å². The lowest BCUT2D eigenvalue weighted by atomic mass is 10.0. The van der Waals surface area contributed by atoms with Crippen LogP contribution in [0.25, 0.3) is 11.2 Å². The van der Waals surface area contributed by atoms with E-state index in [0.29, 0.717) is 23.0 Å². The third kappa shape index (κ3) is 2.63. The Morgan fingerprint density at radius 2 is 1.81 bits per heavy atom. The number of hydrogen-bond donors (Lipinski definition) is 3. The first-order valence-electron chi connectivity index (χ1n) is 9.30. The van der Waals surface area contributed by atoms with Crippen LogP contribution in [-0.2, 0) is 4.74 Å². The van der Waals surface area contributed by atoms with Crippen LogP contribution >= 0.6 is 0 Å². The molecule has 0 aliphatic carbocycles. The molecule has 10 nitrogen and oxygen atoms in total. The maximum absolute atomic E-state index is 10.3. The Hall–Kier alpha value is -1.85. The molecule has 2 aromatic heterocycles. The average molecular weight is 376 g/mol. The maximum atomic E-state index is 10.3. The molecule has 0 aromatic carbocycles. The van der Waals surface area contributed by atoms with Crippen molar-refractivity contribution in [3.05, 3.63) is 12.7 Å². The van der Waals surface area contributed by atoms with E-state index in [9.17, 15) is 15.3 Å². The van der Waals surface area contributed by atoms with Crippen LogP contribution < -0.4 is 4.90 Å². The second-order valence-electron chi connectivity index (χ2n) is 7.90. The molecule has 0 unspecified atom stereocenters. The van der Waals surface area contributed by atoms with Gasteiger partial charge in [-0.3, -0.25) is 4.57 Å². The van der Waals surface area contributed by atoms with E-state index in [1.54, 1.807) is 10.9 Å². The number of imidazole rings is 1. The molecule has 0 spiro atoms. The molecule has 0 radical (unpaired) electrons. The quantitative estimate of drug-likeness (QED) is 0.584. The molecular weight excluding hydrogens is 352 g/mol. The van der Waals surface area contributed by atoms with Gasteiger partial charge in [0.25, 0.3) is 0 Å². The Bertz CT molecular complexity index is 832. The Morgan fingerprint density at radius 3 is 2.48 bits per heavy atom. The summed E-state index contributed by atoms with van der Waals surface area (Å²) in [7, 11) is 2.16. The van der Waals surface area contributed by atoms with E-state index in [4.69, 9.17) is 4.74 Å². The van der Waals surface area contributed by atoms with E-state index in [2.05, 4.69) is 31.8 Å². The second kappa shape index (κ2) is 6.35. The average Bonchev–Trinajstić information content (AvgIpc) is 3.38. The molecule has 2 aromatic rings. The molecule has 0 bridgehead atoms. The van der Waals surface area contributed by atoms with Gasteiger partial charge in [0.05, 0.1) is 12.9 Å². The minimum Gasteiger partial charge on any atom is -0.394 e. The number of aliphatic hydroxyl groups is 3. The minimum absolute atomic E-state index is 0.368. The highest BCUT2D eigenvalue weighted by Crippen LogP contribution is 2.36. The lowest BCUT2D eigenvalue weighted by molar-refractivity contribution is -0.0511. The highest BCUT2D eigenvalue weighted by atomic mass is 16.6. The number of anilines is 1. The van der Waals surface area contributed by atoms with Crippen LogP contribution in [0.3, 0.4) is 0 Å². The van der Waals surface area contributed by atoms with Crippen LogP contribution in [0.5, 0.6) is 0 Å². The maximum Gasteiger partial charge on any atom is 0.167 e. The first kappa shape index (κ1) is 17.3. The number of rotatable bonds is 3. The second-order valence-corrected chi connectivity index (χ2v) is 7.90. The zero-order valence-corrected chi connectivity index (χ0v) is 15.1. The van der Waals surface area contributed by atoms with Gasteiger partial charge in [0.1, 0.15) is 24.6 Å². The molecule has 3 N–H and O–H groups in total.